The van der Waals surface area contributed by atoms with Gasteiger partial charge in [0, 0.05) is 4.47 Å². The first kappa shape index (κ1) is 14.1. The molecule has 0 bridgehead atoms. The number of hydrogen-bond donors (Lipinski definition) is 2. The number of carbonyl (C=O) groups is 1. The average Bonchev–Trinajstić information content (AvgIpc) is 2.23. The number of carbonyl (C=O) groups excluding carboxylic acids is 1. The number of likely N-dealkylation sites (N-methyl/N-ethyl adjacent to an activating group) is 1. The summed E-state index contributed by atoms with van der Waals surface area (Å²) in [6.45, 7) is 6.08. The zero-order chi connectivity index (χ0) is 13.1. The molecule has 0 aromatic heterocycles. The molecule has 0 spiro atoms. The van der Waals surface area contributed by atoms with E-state index < -0.39 is 11.4 Å². The Morgan fingerprint density at radius 3 is 2.71 bits per heavy atom. The zero-order valence-corrected chi connectivity index (χ0v) is 11.7. The SMILES string of the molecule is CCNC(C)(C)C(=O)Nc1cc(Br)ccc1F. The zero-order valence-electron chi connectivity index (χ0n) is 10.1. The Hall–Kier alpha value is -0.940. The molecule has 0 unspecified atom stereocenters. The van der Waals surface area contributed by atoms with Gasteiger partial charge in [0.25, 0.3) is 0 Å². The highest BCUT2D eigenvalue weighted by Gasteiger charge is 2.26. The van der Waals surface area contributed by atoms with Gasteiger partial charge in [-0.1, -0.05) is 22.9 Å². The standard InChI is InChI=1S/C12H16BrFN2O/c1-4-15-12(2,3)11(17)16-10-7-8(13)5-6-9(10)14/h5-7,15H,4H2,1-3H3,(H,16,17). The maximum atomic E-state index is 13.4. The van der Waals surface area contributed by atoms with Gasteiger partial charge in [-0.15, -0.1) is 0 Å². The Morgan fingerprint density at radius 2 is 2.12 bits per heavy atom. The molecule has 0 atom stereocenters. The first-order valence-corrected chi connectivity index (χ1v) is 6.17. The van der Waals surface area contributed by atoms with Crippen LogP contribution < -0.4 is 10.6 Å². The average molecular weight is 303 g/mol. The third-order valence-electron chi connectivity index (χ3n) is 2.36. The highest BCUT2D eigenvalue weighted by molar-refractivity contribution is 9.10. The van der Waals surface area contributed by atoms with Crippen LogP contribution in [0.25, 0.3) is 0 Å². The van der Waals surface area contributed by atoms with Crippen molar-refractivity contribution in [2.75, 3.05) is 11.9 Å². The minimum atomic E-state index is -0.733. The van der Waals surface area contributed by atoms with Crippen LogP contribution in [0.4, 0.5) is 10.1 Å². The number of benzene rings is 1. The lowest BCUT2D eigenvalue weighted by Gasteiger charge is -2.24. The molecule has 0 fully saturated rings. The summed E-state index contributed by atoms with van der Waals surface area (Å²) in [4.78, 5) is 11.9. The molecule has 1 aromatic rings. The molecule has 0 aliphatic heterocycles. The molecule has 2 N–H and O–H groups in total. The maximum Gasteiger partial charge on any atom is 0.244 e. The Morgan fingerprint density at radius 1 is 1.47 bits per heavy atom. The Labute approximate surface area is 109 Å². The molecule has 0 radical (unpaired) electrons. The van der Waals surface area contributed by atoms with Crippen LogP contribution in [-0.4, -0.2) is 18.0 Å². The fourth-order valence-corrected chi connectivity index (χ4v) is 1.76. The van der Waals surface area contributed by atoms with Crippen LogP contribution in [0.3, 0.4) is 0 Å². The summed E-state index contributed by atoms with van der Waals surface area (Å²) in [7, 11) is 0. The predicted molar refractivity (Wildman–Crippen MR) is 70.5 cm³/mol. The van der Waals surface area contributed by atoms with Crippen LogP contribution in [0.2, 0.25) is 0 Å². The van der Waals surface area contributed by atoms with E-state index in [0.717, 1.165) is 4.47 Å². The summed E-state index contributed by atoms with van der Waals surface area (Å²) in [5.74, 6) is -0.717. The summed E-state index contributed by atoms with van der Waals surface area (Å²) in [5, 5.41) is 5.60. The lowest BCUT2D eigenvalue weighted by atomic mass is 10.0. The first-order chi connectivity index (χ1) is 7.86. The summed E-state index contributed by atoms with van der Waals surface area (Å²) in [6.07, 6.45) is 0. The summed E-state index contributed by atoms with van der Waals surface area (Å²) >= 11 is 3.23. The van der Waals surface area contributed by atoms with Gasteiger partial charge in [-0.2, -0.15) is 0 Å². The number of rotatable bonds is 4. The van der Waals surface area contributed by atoms with E-state index in [1.54, 1.807) is 19.9 Å². The highest BCUT2D eigenvalue weighted by atomic mass is 79.9. The van der Waals surface area contributed by atoms with Crippen molar-refractivity contribution in [1.82, 2.24) is 5.32 Å². The minimum Gasteiger partial charge on any atom is -0.322 e. The largest absolute Gasteiger partial charge is 0.322 e. The monoisotopic (exact) mass is 302 g/mol. The van der Waals surface area contributed by atoms with E-state index in [0.29, 0.717) is 6.54 Å². The van der Waals surface area contributed by atoms with Crippen LogP contribution in [0.1, 0.15) is 20.8 Å². The third kappa shape index (κ3) is 3.78. The molecule has 0 aliphatic rings. The van der Waals surface area contributed by atoms with Crippen molar-refractivity contribution in [3.63, 3.8) is 0 Å². The van der Waals surface area contributed by atoms with Gasteiger partial charge in [-0.3, -0.25) is 4.79 Å². The number of anilines is 1. The second-order valence-corrected chi connectivity index (χ2v) is 5.15. The molecule has 0 saturated carbocycles. The summed E-state index contributed by atoms with van der Waals surface area (Å²) in [6, 6.07) is 4.43. The molecule has 1 rings (SSSR count). The van der Waals surface area contributed by atoms with E-state index in [1.165, 1.54) is 12.1 Å². The van der Waals surface area contributed by atoms with Crippen molar-refractivity contribution in [1.29, 1.82) is 0 Å². The minimum absolute atomic E-state index is 0.176. The van der Waals surface area contributed by atoms with Gasteiger partial charge >= 0.3 is 0 Å². The topological polar surface area (TPSA) is 41.1 Å². The molecular formula is C12H16BrFN2O. The van der Waals surface area contributed by atoms with Crippen molar-refractivity contribution in [2.45, 2.75) is 26.3 Å². The maximum absolute atomic E-state index is 13.4. The van der Waals surface area contributed by atoms with Gasteiger partial charge in [-0.25, -0.2) is 4.39 Å². The van der Waals surface area contributed by atoms with Gasteiger partial charge in [-0.05, 0) is 38.6 Å². The molecule has 94 valence electrons. The van der Waals surface area contributed by atoms with E-state index >= 15 is 0 Å². The fraction of sp³-hybridized carbons (Fsp3) is 0.417. The number of amides is 1. The van der Waals surface area contributed by atoms with Gasteiger partial charge in [0.05, 0.1) is 11.2 Å². The van der Waals surface area contributed by atoms with Crippen molar-refractivity contribution in [3.8, 4) is 0 Å². The lowest BCUT2D eigenvalue weighted by Crippen LogP contribution is -2.49. The second-order valence-electron chi connectivity index (χ2n) is 4.23. The van der Waals surface area contributed by atoms with Crippen LogP contribution in [0, 0.1) is 5.82 Å². The summed E-state index contributed by atoms with van der Waals surface area (Å²) < 4.78 is 14.2. The fourth-order valence-electron chi connectivity index (χ4n) is 1.39. The summed E-state index contributed by atoms with van der Waals surface area (Å²) in [5.41, 5.74) is -0.556. The van der Waals surface area contributed by atoms with Crippen molar-refractivity contribution in [2.24, 2.45) is 0 Å². The molecular weight excluding hydrogens is 287 g/mol. The van der Waals surface area contributed by atoms with Crippen molar-refractivity contribution in [3.05, 3.63) is 28.5 Å². The van der Waals surface area contributed by atoms with Crippen LogP contribution in [-0.2, 0) is 4.79 Å². The number of halogens is 2. The molecule has 1 aromatic carbocycles. The quantitative estimate of drug-likeness (QED) is 0.898. The molecule has 5 heteroatoms. The first-order valence-electron chi connectivity index (χ1n) is 5.38. The smallest absolute Gasteiger partial charge is 0.244 e. The van der Waals surface area contributed by atoms with Crippen LogP contribution in [0.15, 0.2) is 22.7 Å². The van der Waals surface area contributed by atoms with E-state index in [1.807, 2.05) is 6.92 Å². The van der Waals surface area contributed by atoms with Gasteiger partial charge < -0.3 is 10.6 Å². The van der Waals surface area contributed by atoms with E-state index in [4.69, 9.17) is 0 Å². The Bertz CT molecular complexity index is 421. The van der Waals surface area contributed by atoms with Gasteiger partial charge in [0.1, 0.15) is 5.82 Å². The van der Waals surface area contributed by atoms with Gasteiger partial charge in [0.2, 0.25) is 5.91 Å². The molecule has 3 nitrogen and oxygen atoms in total. The molecule has 0 saturated heterocycles. The third-order valence-corrected chi connectivity index (χ3v) is 2.86. The van der Waals surface area contributed by atoms with E-state index in [9.17, 15) is 9.18 Å². The molecule has 1 amide bonds. The lowest BCUT2D eigenvalue weighted by molar-refractivity contribution is -0.121. The predicted octanol–water partition coefficient (Wildman–Crippen LogP) is 2.91. The number of hydrogen-bond acceptors (Lipinski definition) is 2. The Balaban J connectivity index is 2.84. The van der Waals surface area contributed by atoms with Crippen LogP contribution >= 0.6 is 15.9 Å². The molecule has 0 heterocycles. The van der Waals surface area contributed by atoms with Gasteiger partial charge in [0.15, 0.2) is 0 Å². The normalized spacial score (nSPS) is 11.4. The Kier molecular flexibility index (Phi) is 4.65. The van der Waals surface area contributed by atoms with Crippen molar-refractivity contribution < 1.29 is 9.18 Å². The van der Waals surface area contributed by atoms with E-state index in [2.05, 4.69) is 26.6 Å². The molecule has 0 aliphatic carbocycles. The highest BCUT2D eigenvalue weighted by Crippen LogP contribution is 2.21. The number of nitrogens with one attached hydrogen (secondary N) is 2. The molecule has 17 heavy (non-hydrogen) atoms. The van der Waals surface area contributed by atoms with Crippen LogP contribution in [0.5, 0.6) is 0 Å². The van der Waals surface area contributed by atoms with E-state index in [-0.39, 0.29) is 11.6 Å². The van der Waals surface area contributed by atoms with Crippen molar-refractivity contribution >= 4 is 27.5 Å². The second kappa shape index (κ2) is 5.60.